The van der Waals surface area contributed by atoms with E-state index in [1.165, 1.54) is 0 Å². The average Bonchev–Trinajstić information content (AvgIpc) is 2.41. The molecule has 1 aromatic rings. The van der Waals surface area contributed by atoms with Gasteiger partial charge in [-0.2, -0.15) is 0 Å². The summed E-state index contributed by atoms with van der Waals surface area (Å²) >= 11 is 0. The van der Waals surface area contributed by atoms with E-state index < -0.39 is 0 Å². The minimum Gasteiger partial charge on any atom is -0.508 e. The van der Waals surface area contributed by atoms with Crippen molar-refractivity contribution in [3.05, 3.63) is 41.5 Å². The van der Waals surface area contributed by atoms with E-state index in [1.807, 2.05) is 12.1 Å². The number of carbonyl (C=O) groups is 1. The molecule has 0 bridgehead atoms. The van der Waals surface area contributed by atoms with Crippen LogP contribution in [0.15, 0.2) is 24.8 Å². The van der Waals surface area contributed by atoms with E-state index in [4.69, 9.17) is 4.74 Å². The van der Waals surface area contributed by atoms with Crippen LogP contribution in [0.25, 0.3) is 0 Å². The molecule has 23 heavy (non-hydrogen) atoms. The van der Waals surface area contributed by atoms with Crippen molar-refractivity contribution in [2.45, 2.75) is 65.2 Å². The Kier molecular flexibility index (Phi) is 6.04. The third-order valence-corrected chi connectivity index (χ3v) is 3.80. The van der Waals surface area contributed by atoms with Crippen LogP contribution in [0.4, 0.5) is 0 Å². The van der Waals surface area contributed by atoms with Crippen molar-refractivity contribution in [3.63, 3.8) is 0 Å². The summed E-state index contributed by atoms with van der Waals surface area (Å²) < 4.78 is 5.05. The Hall–Kier alpha value is -1.77. The fraction of sp³-hybridized carbons (Fsp3) is 0.550. The predicted molar refractivity (Wildman–Crippen MR) is 95.0 cm³/mol. The van der Waals surface area contributed by atoms with Crippen LogP contribution in [0.3, 0.4) is 0 Å². The molecular formula is C20H30O3. The van der Waals surface area contributed by atoms with Gasteiger partial charge in [-0.15, -0.1) is 0 Å². The van der Waals surface area contributed by atoms with Gasteiger partial charge in [-0.05, 0) is 40.0 Å². The maximum absolute atomic E-state index is 11.8. The van der Waals surface area contributed by atoms with Crippen LogP contribution >= 0.6 is 0 Å². The highest BCUT2D eigenvalue weighted by Crippen LogP contribution is 2.37. The molecule has 0 unspecified atom stereocenters. The van der Waals surface area contributed by atoms with Gasteiger partial charge in [0, 0.05) is 6.42 Å². The first-order valence-corrected chi connectivity index (χ1v) is 8.10. The highest BCUT2D eigenvalue weighted by atomic mass is 16.5. The van der Waals surface area contributed by atoms with Crippen molar-refractivity contribution in [2.75, 3.05) is 6.61 Å². The van der Waals surface area contributed by atoms with Crippen LogP contribution in [0.1, 0.15) is 64.7 Å². The lowest BCUT2D eigenvalue weighted by atomic mass is 9.78. The molecule has 0 atom stereocenters. The molecule has 1 rings (SSSR count). The Morgan fingerprint density at radius 1 is 1.13 bits per heavy atom. The summed E-state index contributed by atoms with van der Waals surface area (Å²) in [6.45, 7) is 16.3. The number of hydrogen-bond donors (Lipinski definition) is 1. The van der Waals surface area contributed by atoms with E-state index in [2.05, 4.69) is 48.1 Å². The molecule has 128 valence electrons. The van der Waals surface area contributed by atoms with Crippen LogP contribution in [0.2, 0.25) is 0 Å². The van der Waals surface area contributed by atoms with Crippen LogP contribution in [-0.2, 0) is 26.8 Å². The Morgan fingerprint density at radius 2 is 1.70 bits per heavy atom. The molecule has 0 radical (unpaired) electrons. The highest BCUT2D eigenvalue weighted by Gasteiger charge is 2.25. The zero-order valence-electron chi connectivity index (χ0n) is 15.3. The molecule has 0 saturated heterocycles. The minimum atomic E-state index is -0.227. The smallest absolute Gasteiger partial charge is 0.306 e. The number of benzene rings is 1. The number of esters is 1. The first kappa shape index (κ1) is 19.3. The molecule has 0 fully saturated rings. The fourth-order valence-electron chi connectivity index (χ4n) is 2.60. The van der Waals surface area contributed by atoms with E-state index in [9.17, 15) is 9.90 Å². The van der Waals surface area contributed by atoms with Crippen molar-refractivity contribution >= 4 is 5.97 Å². The zero-order chi connectivity index (χ0) is 17.8. The van der Waals surface area contributed by atoms with Gasteiger partial charge >= 0.3 is 5.97 Å². The van der Waals surface area contributed by atoms with E-state index in [-0.39, 0.29) is 23.4 Å². The maximum atomic E-state index is 11.8. The first-order chi connectivity index (χ1) is 10.5. The number of phenols is 1. The van der Waals surface area contributed by atoms with E-state index >= 15 is 0 Å². The summed E-state index contributed by atoms with van der Waals surface area (Å²) in [5.41, 5.74) is 2.81. The number of hydrogen-bond acceptors (Lipinski definition) is 3. The Bertz CT molecular complexity index is 572. The van der Waals surface area contributed by atoms with Gasteiger partial charge < -0.3 is 9.84 Å². The van der Waals surface area contributed by atoms with Gasteiger partial charge in [-0.25, -0.2) is 0 Å². The number of rotatable bonds is 5. The second-order valence-corrected chi connectivity index (χ2v) is 8.00. The van der Waals surface area contributed by atoms with Crippen molar-refractivity contribution in [1.82, 2.24) is 0 Å². The summed E-state index contributed by atoms with van der Waals surface area (Å²) in [6.07, 6.45) is 2.49. The zero-order valence-corrected chi connectivity index (χ0v) is 15.3. The second-order valence-electron chi connectivity index (χ2n) is 8.00. The average molecular weight is 318 g/mol. The molecule has 0 amide bonds. The lowest BCUT2D eigenvalue weighted by molar-refractivity contribution is -0.142. The third-order valence-electron chi connectivity index (χ3n) is 3.80. The fourth-order valence-corrected chi connectivity index (χ4v) is 2.60. The SMILES string of the molecule is C=CCOC(=O)CCc1cc(C(C)(C)C)c(O)cc1C(C)(C)C. The molecule has 3 heteroatoms. The normalized spacial score (nSPS) is 12.1. The number of aryl methyl sites for hydroxylation is 1. The molecular weight excluding hydrogens is 288 g/mol. The van der Waals surface area contributed by atoms with Gasteiger partial charge in [0.15, 0.2) is 0 Å². The van der Waals surface area contributed by atoms with Gasteiger partial charge in [0.2, 0.25) is 0 Å². The maximum Gasteiger partial charge on any atom is 0.306 e. The number of ether oxygens (including phenoxy) is 1. The quantitative estimate of drug-likeness (QED) is 0.635. The monoisotopic (exact) mass is 318 g/mol. The predicted octanol–water partition coefficient (Wildman–Crippen LogP) is 4.65. The van der Waals surface area contributed by atoms with Gasteiger partial charge in [0.05, 0.1) is 0 Å². The van der Waals surface area contributed by atoms with Gasteiger partial charge in [-0.3, -0.25) is 4.79 Å². The number of carbonyl (C=O) groups excluding carboxylic acids is 1. The summed E-state index contributed by atoms with van der Waals surface area (Å²) in [7, 11) is 0. The number of phenolic OH excluding ortho intramolecular Hbond substituents is 1. The molecule has 0 saturated carbocycles. The van der Waals surface area contributed by atoms with Gasteiger partial charge in [0.25, 0.3) is 0 Å². The van der Waals surface area contributed by atoms with Crippen molar-refractivity contribution in [1.29, 1.82) is 0 Å². The van der Waals surface area contributed by atoms with Gasteiger partial charge in [0.1, 0.15) is 12.4 Å². The van der Waals surface area contributed by atoms with E-state index in [0.717, 1.165) is 16.7 Å². The summed E-state index contributed by atoms with van der Waals surface area (Å²) in [5, 5.41) is 10.4. The standard InChI is InChI=1S/C20H30O3/c1-8-11-23-18(22)10-9-14-12-16(20(5,6)7)17(21)13-15(14)19(2,3)4/h8,12-13,21H,1,9-11H2,2-7H3. The van der Waals surface area contributed by atoms with Crippen molar-refractivity contribution in [2.24, 2.45) is 0 Å². The van der Waals surface area contributed by atoms with E-state index in [1.54, 1.807) is 6.08 Å². The lowest BCUT2D eigenvalue weighted by Gasteiger charge is -2.28. The summed E-state index contributed by atoms with van der Waals surface area (Å²) in [6, 6.07) is 3.89. The third kappa shape index (κ3) is 5.42. The molecule has 0 spiro atoms. The van der Waals surface area contributed by atoms with Crippen LogP contribution < -0.4 is 0 Å². The topological polar surface area (TPSA) is 46.5 Å². The molecule has 3 nitrogen and oxygen atoms in total. The summed E-state index contributed by atoms with van der Waals surface area (Å²) in [5.74, 6) is 0.0931. The van der Waals surface area contributed by atoms with Crippen molar-refractivity contribution in [3.8, 4) is 5.75 Å². The van der Waals surface area contributed by atoms with E-state index in [0.29, 0.717) is 18.6 Å². The lowest BCUT2D eigenvalue weighted by Crippen LogP contribution is -2.18. The number of aromatic hydroxyl groups is 1. The molecule has 0 heterocycles. The molecule has 0 aliphatic carbocycles. The van der Waals surface area contributed by atoms with Crippen LogP contribution in [0.5, 0.6) is 5.75 Å². The first-order valence-electron chi connectivity index (χ1n) is 8.10. The molecule has 1 aromatic carbocycles. The van der Waals surface area contributed by atoms with Crippen molar-refractivity contribution < 1.29 is 14.6 Å². The molecule has 1 N–H and O–H groups in total. The highest BCUT2D eigenvalue weighted by molar-refractivity contribution is 5.70. The molecule has 0 aliphatic rings. The second kappa shape index (κ2) is 7.20. The Balaban J connectivity index is 3.16. The Labute approximate surface area is 140 Å². The molecule has 0 aromatic heterocycles. The minimum absolute atomic E-state index is 0.103. The van der Waals surface area contributed by atoms with Crippen LogP contribution in [0, 0.1) is 0 Å². The summed E-state index contributed by atoms with van der Waals surface area (Å²) in [4.78, 5) is 11.8. The molecule has 0 aliphatic heterocycles. The van der Waals surface area contributed by atoms with Gasteiger partial charge in [-0.1, -0.05) is 60.3 Å². The van der Waals surface area contributed by atoms with Crippen LogP contribution in [-0.4, -0.2) is 17.7 Å². The Morgan fingerprint density at radius 3 is 2.17 bits per heavy atom. The largest absolute Gasteiger partial charge is 0.508 e.